The Balaban J connectivity index is 0. The van der Waals surface area contributed by atoms with Crippen LogP contribution in [0.15, 0.2) is 0 Å². The molecule has 0 amide bonds. The third-order valence-electron chi connectivity index (χ3n) is 16.6. The van der Waals surface area contributed by atoms with E-state index in [1.54, 1.807) is 0 Å². The summed E-state index contributed by atoms with van der Waals surface area (Å²) in [6, 6.07) is 0. The van der Waals surface area contributed by atoms with Gasteiger partial charge in [-0.3, -0.25) is 0 Å². The summed E-state index contributed by atoms with van der Waals surface area (Å²) >= 11 is 0. The number of rotatable bonds is 64. The van der Waals surface area contributed by atoms with Crippen LogP contribution in [0, 0.1) is 0 Å². The fourth-order valence-corrected chi connectivity index (χ4v) is 16.7. The molecule has 464 valence electrons. The van der Waals surface area contributed by atoms with Crippen LogP contribution < -0.4 is 0 Å². The van der Waals surface area contributed by atoms with Gasteiger partial charge in [0.25, 0.3) is 0 Å². The predicted octanol–water partition coefficient (Wildman–Crippen LogP) is 24.5. The zero-order valence-electron chi connectivity index (χ0n) is 53.3. The molecule has 0 aromatic rings. The van der Waals surface area contributed by atoms with Crippen molar-refractivity contribution >= 4 is 14.6 Å². The number of hydrogen-bond donors (Lipinski definition) is 4. The van der Waals surface area contributed by atoms with E-state index >= 15 is 0 Å². The average molecular weight is 1120 g/mol. The molecule has 0 rings (SSSR count). The molecule has 0 fully saturated rings. The molecule has 76 heavy (non-hydrogen) atoms. The molecular weight excluding hydrogens is 975 g/mol. The Hall–Kier alpha value is 0.620. The summed E-state index contributed by atoms with van der Waals surface area (Å²) in [4.78, 5) is 45.9. The van der Waals surface area contributed by atoms with E-state index in [0.717, 1.165) is 77.0 Å². The molecule has 0 aliphatic heterocycles. The molecule has 0 bridgehead atoms. The van der Waals surface area contributed by atoms with Gasteiger partial charge < -0.3 is 0 Å². The van der Waals surface area contributed by atoms with Crippen LogP contribution in [-0.2, 0) is 9.05 Å². The number of unbranched alkanes of at least 4 members (excludes halogenated alkanes) is 50. The maximum absolute atomic E-state index is 11.5. The third kappa shape index (κ3) is 59.2. The molecule has 0 aliphatic rings. The van der Waals surface area contributed by atoms with Crippen molar-refractivity contribution in [3.05, 3.63) is 0 Å². The molecule has 0 spiro atoms. The first-order valence-electron chi connectivity index (χ1n) is 35.3. The van der Waals surface area contributed by atoms with Gasteiger partial charge in [-0.2, -0.15) is 0 Å². The Labute approximate surface area is 479 Å². The molecule has 0 aromatic heterocycles. The normalized spacial score (nSPS) is 13.1. The minimum absolute atomic E-state index is 0.482. The standard InChI is InChI=1S/2C34H73O3P/c2*1-4-7-10-13-16-18-20-22-24-27-30-33-38(35,36,37-32-29-26-15-12-9-6-3)34-31-28-25-23-21-19-17-14-11-8-5-2/h2*35-36H,4-34H2,1-3H3. The predicted molar refractivity (Wildman–Crippen MR) is 347 cm³/mol. The van der Waals surface area contributed by atoms with E-state index in [9.17, 15) is 19.6 Å². The van der Waals surface area contributed by atoms with Crippen LogP contribution in [0.2, 0.25) is 0 Å². The van der Waals surface area contributed by atoms with Gasteiger partial charge in [0, 0.05) is 0 Å². The molecule has 0 heterocycles. The second kappa shape index (κ2) is 58.8. The van der Waals surface area contributed by atoms with E-state index in [0.29, 0.717) is 37.9 Å². The van der Waals surface area contributed by atoms with Crippen molar-refractivity contribution in [1.29, 1.82) is 0 Å². The van der Waals surface area contributed by atoms with Gasteiger partial charge in [-0.25, -0.2) is 0 Å². The summed E-state index contributed by atoms with van der Waals surface area (Å²) in [7, 11) is -8.00. The number of hydrogen-bond acceptors (Lipinski definition) is 6. The van der Waals surface area contributed by atoms with Gasteiger partial charge in [-0.1, -0.05) is 27.7 Å². The van der Waals surface area contributed by atoms with Crippen LogP contribution in [0.25, 0.3) is 0 Å². The second-order valence-electron chi connectivity index (χ2n) is 24.8. The summed E-state index contributed by atoms with van der Waals surface area (Å²) in [5, 5.41) is 0. The van der Waals surface area contributed by atoms with Gasteiger partial charge in [0.15, 0.2) is 0 Å². The SMILES string of the molecule is CCCCCCCCCCCCCP(O)(O)(CCCCCCCCCCCCC)OCCCCCCCC.CCCCCCCCCCCCCP(O)(O)(CCCCCCCCCCCCC)OCCCCCCCC. The monoisotopic (exact) mass is 1120 g/mol. The fraction of sp³-hybridized carbons (Fsp3) is 1.00. The molecule has 8 heteroatoms. The van der Waals surface area contributed by atoms with E-state index in [1.165, 1.54) is 283 Å². The summed E-state index contributed by atoms with van der Waals surface area (Å²) in [5.74, 6) is 0. The summed E-state index contributed by atoms with van der Waals surface area (Å²) < 4.78 is 12.1. The zero-order chi connectivity index (χ0) is 56.1. The molecule has 4 N–H and O–H groups in total. The van der Waals surface area contributed by atoms with Crippen molar-refractivity contribution in [2.45, 2.75) is 401 Å². The first-order chi connectivity index (χ1) is 36.9. The molecule has 0 unspecified atom stereocenters. The quantitative estimate of drug-likeness (QED) is 0.0358. The summed E-state index contributed by atoms with van der Waals surface area (Å²) in [6.45, 7) is 14.6. The molecular formula is C68H146O6P2. The van der Waals surface area contributed by atoms with E-state index in [-0.39, 0.29) is 0 Å². The Bertz CT molecular complexity index is 961. The fourth-order valence-electron chi connectivity index (χ4n) is 11.2. The Morgan fingerprint density at radius 1 is 0.171 bits per heavy atom. The molecule has 0 radical (unpaired) electrons. The zero-order valence-corrected chi connectivity index (χ0v) is 55.1. The molecule has 0 saturated carbocycles. The van der Waals surface area contributed by atoms with Gasteiger partial charge in [-0.15, -0.1) is 0 Å². The van der Waals surface area contributed by atoms with Gasteiger partial charge in [0.05, 0.1) is 0 Å². The topological polar surface area (TPSA) is 99.4 Å². The van der Waals surface area contributed by atoms with Crippen molar-refractivity contribution in [1.82, 2.24) is 0 Å². The molecule has 0 aromatic carbocycles. The van der Waals surface area contributed by atoms with Crippen LogP contribution in [0.4, 0.5) is 0 Å². The van der Waals surface area contributed by atoms with Crippen LogP contribution in [0.1, 0.15) is 401 Å². The van der Waals surface area contributed by atoms with E-state index < -0.39 is 14.6 Å². The van der Waals surface area contributed by atoms with Crippen molar-refractivity contribution in [2.75, 3.05) is 37.9 Å². The molecule has 6 nitrogen and oxygen atoms in total. The molecule has 0 aliphatic carbocycles. The van der Waals surface area contributed by atoms with Crippen molar-refractivity contribution < 1.29 is 28.6 Å². The third-order valence-corrected chi connectivity index (χ3v) is 23.0. The van der Waals surface area contributed by atoms with Crippen LogP contribution in [0.5, 0.6) is 0 Å². The summed E-state index contributed by atoms with van der Waals surface area (Å²) in [5.41, 5.74) is 0. The van der Waals surface area contributed by atoms with Gasteiger partial charge >= 0.3 is 454 Å². The van der Waals surface area contributed by atoms with Gasteiger partial charge in [0.1, 0.15) is 0 Å². The van der Waals surface area contributed by atoms with E-state index in [1.807, 2.05) is 0 Å². The van der Waals surface area contributed by atoms with Crippen molar-refractivity contribution in [3.63, 3.8) is 0 Å². The van der Waals surface area contributed by atoms with Gasteiger partial charge in [-0.05, 0) is 0 Å². The van der Waals surface area contributed by atoms with Crippen molar-refractivity contribution in [2.24, 2.45) is 0 Å². The Morgan fingerprint density at radius 3 is 0.434 bits per heavy atom. The van der Waals surface area contributed by atoms with E-state index in [2.05, 4.69) is 41.5 Å². The molecule has 0 atom stereocenters. The maximum atomic E-state index is 11.5. The van der Waals surface area contributed by atoms with Gasteiger partial charge in [0.2, 0.25) is 0 Å². The first kappa shape index (κ1) is 78.7. The minimum atomic E-state index is -4.00. The van der Waals surface area contributed by atoms with E-state index in [4.69, 9.17) is 9.05 Å². The summed E-state index contributed by atoms with van der Waals surface area (Å²) in [6.07, 6.45) is 72.7. The first-order valence-corrected chi connectivity index (χ1v) is 40.1. The molecule has 0 saturated heterocycles. The van der Waals surface area contributed by atoms with Crippen LogP contribution >= 0.6 is 14.6 Å². The second-order valence-corrected chi connectivity index (χ2v) is 32.3. The average Bonchev–Trinajstić information content (AvgIpc) is 3.40. The Kier molecular flexibility index (Phi) is 60.9. The van der Waals surface area contributed by atoms with Crippen molar-refractivity contribution in [3.8, 4) is 0 Å². The Morgan fingerprint density at radius 2 is 0.289 bits per heavy atom. The van der Waals surface area contributed by atoms with Crippen LogP contribution in [-0.4, -0.2) is 57.4 Å². The van der Waals surface area contributed by atoms with Crippen LogP contribution in [0.3, 0.4) is 0 Å².